The first-order valence-corrected chi connectivity index (χ1v) is 6.87. The molecular formula is C15H19F2NO. The maximum Gasteiger partial charge on any atom is 0.134 e. The minimum atomic E-state index is -0.513. The lowest BCUT2D eigenvalue weighted by atomic mass is 9.96. The number of hydrogen-bond donors (Lipinski definition) is 1. The van der Waals surface area contributed by atoms with E-state index in [4.69, 9.17) is 4.74 Å². The van der Waals surface area contributed by atoms with E-state index >= 15 is 0 Å². The summed E-state index contributed by atoms with van der Waals surface area (Å²) in [7, 11) is 3.19. The molecule has 0 aliphatic heterocycles. The Kier molecular flexibility index (Phi) is 3.21. The molecule has 2 fully saturated rings. The normalized spacial score (nSPS) is 30.0. The molecule has 0 radical (unpaired) electrons. The molecule has 0 saturated heterocycles. The molecule has 19 heavy (non-hydrogen) atoms. The monoisotopic (exact) mass is 267 g/mol. The Bertz CT molecular complexity index is 458. The molecule has 3 atom stereocenters. The van der Waals surface area contributed by atoms with Crippen molar-refractivity contribution in [3.8, 4) is 5.75 Å². The number of hydrogen-bond acceptors (Lipinski definition) is 2. The fourth-order valence-electron chi connectivity index (χ4n) is 3.88. The predicted octanol–water partition coefficient (Wildman–Crippen LogP) is 3.28. The van der Waals surface area contributed by atoms with Gasteiger partial charge in [-0.05, 0) is 37.6 Å². The second kappa shape index (κ2) is 4.75. The van der Waals surface area contributed by atoms with Crippen molar-refractivity contribution in [1.29, 1.82) is 0 Å². The lowest BCUT2D eigenvalue weighted by molar-refractivity contribution is 0.388. The fourth-order valence-corrected chi connectivity index (χ4v) is 3.88. The van der Waals surface area contributed by atoms with Gasteiger partial charge in [-0.15, -0.1) is 0 Å². The van der Waals surface area contributed by atoms with E-state index in [2.05, 4.69) is 5.32 Å². The van der Waals surface area contributed by atoms with Crippen LogP contribution in [0.3, 0.4) is 0 Å². The SMILES string of the molecule is CNC(c1c(F)cc(OC)cc1F)C1C2CCCC21. The van der Waals surface area contributed by atoms with Crippen LogP contribution in [0.25, 0.3) is 0 Å². The van der Waals surface area contributed by atoms with Crippen molar-refractivity contribution in [1.82, 2.24) is 5.32 Å². The van der Waals surface area contributed by atoms with Crippen molar-refractivity contribution in [2.45, 2.75) is 25.3 Å². The summed E-state index contributed by atoms with van der Waals surface area (Å²) in [6, 6.07) is 2.31. The molecular weight excluding hydrogens is 248 g/mol. The Hall–Kier alpha value is -1.16. The number of methoxy groups -OCH3 is 1. The number of fused-ring (bicyclic) bond motifs is 1. The van der Waals surface area contributed by atoms with Crippen molar-refractivity contribution < 1.29 is 13.5 Å². The minimum Gasteiger partial charge on any atom is -0.497 e. The zero-order chi connectivity index (χ0) is 13.6. The molecule has 3 rings (SSSR count). The van der Waals surface area contributed by atoms with Gasteiger partial charge in [0.1, 0.15) is 17.4 Å². The zero-order valence-electron chi connectivity index (χ0n) is 11.2. The number of rotatable bonds is 4. The molecule has 1 N–H and O–H groups in total. The molecule has 0 amide bonds. The van der Waals surface area contributed by atoms with Crippen LogP contribution in [0.1, 0.15) is 30.9 Å². The number of halogens is 2. The Morgan fingerprint density at radius 2 is 1.79 bits per heavy atom. The van der Waals surface area contributed by atoms with Gasteiger partial charge < -0.3 is 10.1 Å². The third-order valence-corrected chi connectivity index (χ3v) is 4.77. The third kappa shape index (κ3) is 2.02. The molecule has 0 aromatic heterocycles. The predicted molar refractivity (Wildman–Crippen MR) is 69.0 cm³/mol. The summed E-state index contributed by atoms with van der Waals surface area (Å²) in [5.41, 5.74) is 0.169. The number of ether oxygens (including phenoxy) is 1. The van der Waals surface area contributed by atoms with Gasteiger partial charge in [0, 0.05) is 23.7 Å². The smallest absolute Gasteiger partial charge is 0.134 e. The molecule has 1 aromatic carbocycles. The first-order chi connectivity index (χ1) is 9.17. The third-order valence-electron chi connectivity index (χ3n) is 4.77. The zero-order valence-corrected chi connectivity index (χ0v) is 11.2. The molecule has 4 heteroatoms. The van der Waals surface area contributed by atoms with Crippen molar-refractivity contribution >= 4 is 0 Å². The largest absolute Gasteiger partial charge is 0.497 e. The van der Waals surface area contributed by atoms with E-state index in [1.807, 2.05) is 0 Å². The minimum absolute atomic E-state index is 0.169. The van der Waals surface area contributed by atoms with Crippen LogP contribution in [0.4, 0.5) is 8.78 Å². The average molecular weight is 267 g/mol. The summed E-state index contributed by atoms with van der Waals surface area (Å²) in [6.07, 6.45) is 3.66. The van der Waals surface area contributed by atoms with Crippen LogP contribution in [0.5, 0.6) is 5.75 Å². The summed E-state index contributed by atoms with van der Waals surface area (Å²) in [5.74, 6) is 0.889. The Balaban J connectivity index is 1.91. The van der Waals surface area contributed by atoms with Crippen LogP contribution in [-0.2, 0) is 0 Å². The van der Waals surface area contributed by atoms with Crippen molar-refractivity contribution in [2.75, 3.05) is 14.2 Å². The lowest BCUT2D eigenvalue weighted by Crippen LogP contribution is -2.23. The Labute approximate surface area is 112 Å². The van der Waals surface area contributed by atoms with Crippen molar-refractivity contribution in [2.24, 2.45) is 17.8 Å². The maximum atomic E-state index is 14.1. The van der Waals surface area contributed by atoms with Crippen LogP contribution in [0.15, 0.2) is 12.1 Å². The van der Waals surface area contributed by atoms with Gasteiger partial charge in [0.2, 0.25) is 0 Å². The van der Waals surface area contributed by atoms with Crippen LogP contribution < -0.4 is 10.1 Å². The van der Waals surface area contributed by atoms with E-state index in [0.29, 0.717) is 17.8 Å². The summed E-state index contributed by atoms with van der Waals surface area (Å²) in [6.45, 7) is 0. The van der Waals surface area contributed by atoms with E-state index in [1.54, 1.807) is 7.05 Å². The van der Waals surface area contributed by atoms with Crippen molar-refractivity contribution in [3.63, 3.8) is 0 Å². The quantitative estimate of drug-likeness (QED) is 0.904. The molecule has 0 bridgehead atoms. The number of nitrogens with one attached hydrogen (secondary N) is 1. The molecule has 2 aliphatic carbocycles. The van der Waals surface area contributed by atoms with Crippen LogP contribution in [0.2, 0.25) is 0 Å². The van der Waals surface area contributed by atoms with Gasteiger partial charge >= 0.3 is 0 Å². The van der Waals surface area contributed by atoms with E-state index < -0.39 is 11.6 Å². The van der Waals surface area contributed by atoms with E-state index in [-0.39, 0.29) is 17.4 Å². The first kappa shape index (κ1) is 12.9. The van der Waals surface area contributed by atoms with E-state index in [1.165, 1.54) is 38.5 Å². The summed E-state index contributed by atoms with van der Waals surface area (Å²) < 4.78 is 33.2. The Morgan fingerprint density at radius 3 is 2.26 bits per heavy atom. The molecule has 2 nitrogen and oxygen atoms in total. The molecule has 2 saturated carbocycles. The number of benzene rings is 1. The second-order valence-corrected chi connectivity index (χ2v) is 5.61. The van der Waals surface area contributed by atoms with Gasteiger partial charge in [0.25, 0.3) is 0 Å². The highest BCUT2D eigenvalue weighted by atomic mass is 19.1. The molecule has 0 heterocycles. The van der Waals surface area contributed by atoms with Gasteiger partial charge in [0.15, 0.2) is 0 Å². The first-order valence-electron chi connectivity index (χ1n) is 6.87. The summed E-state index contributed by atoms with van der Waals surface area (Å²) in [5, 5.41) is 3.11. The Morgan fingerprint density at radius 1 is 1.21 bits per heavy atom. The average Bonchev–Trinajstić information content (AvgIpc) is 2.84. The molecule has 3 unspecified atom stereocenters. The lowest BCUT2D eigenvalue weighted by Gasteiger charge is -2.20. The second-order valence-electron chi connectivity index (χ2n) is 5.61. The summed E-state index contributed by atoms with van der Waals surface area (Å²) in [4.78, 5) is 0. The molecule has 104 valence electrons. The van der Waals surface area contributed by atoms with E-state index in [0.717, 1.165) is 0 Å². The van der Waals surface area contributed by atoms with Crippen LogP contribution in [0, 0.1) is 29.4 Å². The van der Waals surface area contributed by atoms with Gasteiger partial charge in [-0.2, -0.15) is 0 Å². The topological polar surface area (TPSA) is 21.3 Å². The van der Waals surface area contributed by atoms with Gasteiger partial charge in [0.05, 0.1) is 7.11 Å². The van der Waals surface area contributed by atoms with Gasteiger partial charge in [-0.1, -0.05) is 6.42 Å². The van der Waals surface area contributed by atoms with Crippen molar-refractivity contribution in [3.05, 3.63) is 29.3 Å². The molecule has 2 aliphatic rings. The van der Waals surface area contributed by atoms with Crippen LogP contribution in [-0.4, -0.2) is 14.2 Å². The highest BCUT2D eigenvalue weighted by molar-refractivity contribution is 5.34. The van der Waals surface area contributed by atoms with E-state index in [9.17, 15) is 8.78 Å². The van der Waals surface area contributed by atoms with Gasteiger partial charge in [-0.3, -0.25) is 0 Å². The summed E-state index contributed by atoms with van der Waals surface area (Å²) >= 11 is 0. The molecule has 1 aromatic rings. The standard InChI is InChI=1S/C15H19F2NO/c1-18-15(13-9-4-3-5-10(9)13)14-11(16)6-8(19-2)7-12(14)17/h6-7,9-10,13,15,18H,3-5H2,1-2H3. The maximum absolute atomic E-state index is 14.1. The van der Waals surface area contributed by atoms with Crippen LogP contribution >= 0.6 is 0 Å². The fraction of sp³-hybridized carbons (Fsp3) is 0.600. The highest BCUT2D eigenvalue weighted by Crippen LogP contribution is 2.62. The van der Waals surface area contributed by atoms with Gasteiger partial charge in [-0.25, -0.2) is 8.78 Å². The highest BCUT2D eigenvalue weighted by Gasteiger charge is 2.56. The molecule has 0 spiro atoms.